The molecule has 0 saturated heterocycles. The standard InChI is InChI=1S/C22H23N5O2/c1-2-13-27-21(28)19-20(25-18(24-19)15-17-10-6-7-12-23-17)26(22(27)29)14-11-16-8-4-3-5-9-16/h3-10,12H,2,11,13-15H2,1H3,(H,24,25). The molecule has 148 valence electrons. The van der Waals surface area contributed by atoms with Gasteiger partial charge in [0.2, 0.25) is 0 Å². The van der Waals surface area contributed by atoms with E-state index in [1.807, 2.05) is 55.5 Å². The smallest absolute Gasteiger partial charge is 0.332 e. The highest BCUT2D eigenvalue weighted by Gasteiger charge is 2.17. The Kier molecular flexibility index (Phi) is 5.37. The molecule has 0 fully saturated rings. The average molecular weight is 389 g/mol. The molecular weight excluding hydrogens is 366 g/mol. The largest absolute Gasteiger partial charge is 0.336 e. The van der Waals surface area contributed by atoms with Crippen molar-refractivity contribution in [2.45, 2.75) is 39.3 Å². The van der Waals surface area contributed by atoms with Crippen LogP contribution in [0, 0.1) is 0 Å². The molecule has 7 heteroatoms. The molecule has 0 atom stereocenters. The Morgan fingerprint density at radius 2 is 1.76 bits per heavy atom. The van der Waals surface area contributed by atoms with Gasteiger partial charge in [0.05, 0.1) is 0 Å². The van der Waals surface area contributed by atoms with Crippen LogP contribution in [-0.4, -0.2) is 24.1 Å². The summed E-state index contributed by atoms with van der Waals surface area (Å²) in [4.78, 5) is 38.0. The second kappa shape index (κ2) is 8.26. The van der Waals surface area contributed by atoms with Crippen LogP contribution in [0.5, 0.6) is 0 Å². The highest BCUT2D eigenvalue weighted by atomic mass is 16.2. The summed E-state index contributed by atoms with van der Waals surface area (Å²) in [5, 5.41) is 0. The molecule has 7 nitrogen and oxygen atoms in total. The quantitative estimate of drug-likeness (QED) is 0.526. The number of nitrogens with zero attached hydrogens (tertiary/aromatic N) is 4. The number of fused-ring (bicyclic) bond motifs is 1. The van der Waals surface area contributed by atoms with E-state index in [1.54, 1.807) is 10.8 Å². The number of imidazole rings is 1. The average Bonchev–Trinajstić information content (AvgIpc) is 3.16. The van der Waals surface area contributed by atoms with Gasteiger partial charge in [0.25, 0.3) is 5.56 Å². The molecule has 3 heterocycles. The predicted molar refractivity (Wildman–Crippen MR) is 112 cm³/mol. The van der Waals surface area contributed by atoms with Gasteiger partial charge in [0.1, 0.15) is 11.3 Å². The Labute approximate surface area is 167 Å². The molecule has 0 unspecified atom stereocenters. The second-order valence-electron chi connectivity index (χ2n) is 7.01. The number of H-pyrrole nitrogens is 1. The monoisotopic (exact) mass is 389 g/mol. The van der Waals surface area contributed by atoms with E-state index in [1.165, 1.54) is 4.57 Å². The van der Waals surface area contributed by atoms with Crippen LogP contribution in [0.15, 0.2) is 64.3 Å². The maximum Gasteiger partial charge on any atom is 0.332 e. The molecule has 0 saturated carbocycles. The van der Waals surface area contributed by atoms with Crippen molar-refractivity contribution in [3.8, 4) is 0 Å². The van der Waals surface area contributed by atoms with Crippen LogP contribution in [0.1, 0.15) is 30.4 Å². The Morgan fingerprint density at radius 1 is 0.966 bits per heavy atom. The van der Waals surface area contributed by atoms with Crippen molar-refractivity contribution in [2.75, 3.05) is 0 Å². The van der Waals surface area contributed by atoms with Gasteiger partial charge in [0, 0.05) is 31.4 Å². The summed E-state index contributed by atoms with van der Waals surface area (Å²) in [6.45, 7) is 2.79. The minimum Gasteiger partial charge on any atom is -0.336 e. The van der Waals surface area contributed by atoms with E-state index >= 15 is 0 Å². The van der Waals surface area contributed by atoms with Crippen molar-refractivity contribution in [3.05, 3.63) is 92.6 Å². The first-order chi connectivity index (χ1) is 14.2. The van der Waals surface area contributed by atoms with Crippen molar-refractivity contribution in [2.24, 2.45) is 0 Å². The first-order valence-electron chi connectivity index (χ1n) is 9.83. The zero-order valence-corrected chi connectivity index (χ0v) is 16.3. The SMILES string of the molecule is CCCn1c(=O)c2[nH]c(Cc3ccccn3)nc2n(CCc2ccccc2)c1=O. The number of benzene rings is 1. The van der Waals surface area contributed by atoms with E-state index in [4.69, 9.17) is 0 Å². The van der Waals surface area contributed by atoms with Crippen molar-refractivity contribution >= 4 is 11.2 Å². The van der Waals surface area contributed by atoms with E-state index in [0.29, 0.717) is 49.3 Å². The molecule has 29 heavy (non-hydrogen) atoms. The number of aryl methyl sites for hydroxylation is 2. The van der Waals surface area contributed by atoms with Gasteiger partial charge in [-0.25, -0.2) is 9.78 Å². The van der Waals surface area contributed by atoms with Crippen LogP contribution in [0.3, 0.4) is 0 Å². The van der Waals surface area contributed by atoms with Gasteiger partial charge >= 0.3 is 5.69 Å². The number of rotatable bonds is 7. The number of pyridine rings is 1. The van der Waals surface area contributed by atoms with E-state index in [-0.39, 0.29) is 11.2 Å². The number of aromatic nitrogens is 5. The maximum absolute atomic E-state index is 13.0. The van der Waals surface area contributed by atoms with Crippen LogP contribution < -0.4 is 11.2 Å². The van der Waals surface area contributed by atoms with Crippen LogP contribution in [0.2, 0.25) is 0 Å². The third-order valence-corrected chi connectivity index (χ3v) is 4.90. The van der Waals surface area contributed by atoms with Gasteiger partial charge in [-0.1, -0.05) is 43.3 Å². The highest BCUT2D eigenvalue weighted by Crippen LogP contribution is 2.11. The molecule has 0 amide bonds. The van der Waals surface area contributed by atoms with E-state index in [2.05, 4.69) is 15.0 Å². The lowest BCUT2D eigenvalue weighted by molar-refractivity contribution is 0.559. The minimum absolute atomic E-state index is 0.309. The van der Waals surface area contributed by atoms with Gasteiger partial charge in [0.15, 0.2) is 5.65 Å². The summed E-state index contributed by atoms with van der Waals surface area (Å²) in [6.07, 6.45) is 3.58. The highest BCUT2D eigenvalue weighted by molar-refractivity contribution is 5.70. The fourth-order valence-electron chi connectivity index (χ4n) is 3.48. The van der Waals surface area contributed by atoms with Gasteiger partial charge < -0.3 is 4.98 Å². The summed E-state index contributed by atoms with van der Waals surface area (Å²) >= 11 is 0. The molecule has 4 rings (SSSR count). The first kappa shape index (κ1) is 18.9. The fourth-order valence-corrected chi connectivity index (χ4v) is 3.48. The lowest BCUT2D eigenvalue weighted by Gasteiger charge is -2.10. The van der Waals surface area contributed by atoms with Gasteiger partial charge in [-0.05, 0) is 30.5 Å². The third-order valence-electron chi connectivity index (χ3n) is 4.90. The van der Waals surface area contributed by atoms with Gasteiger partial charge in [-0.2, -0.15) is 0 Å². The van der Waals surface area contributed by atoms with Crippen molar-refractivity contribution in [1.29, 1.82) is 0 Å². The van der Waals surface area contributed by atoms with E-state index in [9.17, 15) is 9.59 Å². The van der Waals surface area contributed by atoms with Crippen molar-refractivity contribution in [1.82, 2.24) is 24.1 Å². The lowest BCUT2D eigenvalue weighted by Crippen LogP contribution is -2.40. The number of aromatic amines is 1. The Balaban J connectivity index is 1.78. The van der Waals surface area contributed by atoms with Crippen LogP contribution in [0.4, 0.5) is 0 Å². The normalized spacial score (nSPS) is 11.2. The number of nitrogens with one attached hydrogen (secondary N) is 1. The van der Waals surface area contributed by atoms with Crippen molar-refractivity contribution < 1.29 is 0 Å². The maximum atomic E-state index is 13.0. The van der Waals surface area contributed by atoms with Gasteiger partial charge in [-0.3, -0.25) is 18.9 Å². The molecule has 3 aromatic heterocycles. The third kappa shape index (κ3) is 3.89. The van der Waals surface area contributed by atoms with Crippen molar-refractivity contribution in [3.63, 3.8) is 0 Å². The summed E-state index contributed by atoms with van der Waals surface area (Å²) in [6, 6.07) is 15.7. The Bertz CT molecular complexity index is 1220. The molecule has 0 aliphatic heterocycles. The predicted octanol–water partition coefficient (Wildman–Crippen LogP) is 2.52. The molecular formula is C22H23N5O2. The lowest BCUT2D eigenvalue weighted by atomic mass is 10.1. The molecule has 4 aromatic rings. The second-order valence-corrected chi connectivity index (χ2v) is 7.01. The molecule has 0 spiro atoms. The van der Waals surface area contributed by atoms with Crippen LogP contribution >= 0.6 is 0 Å². The zero-order valence-electron chi connectivity index (χ0n) is 16.3. The molecule has 0 radical (unpaired) electrons. The molecule has 0 aliphatic carbocycles. The Morgan fingerprint density at radius 3 is 2.48 bits per heavy atom. The first-order valence-corrected chi connectivity index (χ1v) is 9.83. The number of hydrogen-bond acceptors (Lipinski definition) is 4. The summed E-state index contributed by atoms with van der Waals surface area (Å²) in [5.74, 6) is 0.623. The molecule has 0 aliphatic rings. The number of hydrogen-bond donors (Lipinski definition) is 1. The Hall–Kier alpha value is -3.48. The van der Waals surface area contributed by atoms with E-state index < -0.39 is 0 Å². The van der Waals surface area contributed by atoms with E-state index in [0.717, 1.165) is 11.3 Å². The molecule has 1 aromatic carbocycles. The topological polar surface area (TPSA) is 85.6 Å². The summed E-state index contributed by atoms with van der Waals surface area (Å²) in [7, 11) is 0. The van der Waals surface area contributed by atoms with Crippen LogP contribution in [0.25, 0.3) is 11.2 Å². The van der Waals surface area contributed by atoms with Gasteiger partial charge in [-0.15, -0.1) is 0 Å². The summed E-state index contributed by atoms with van der Waals surface area (Å²) in [5.41, 5.74) is 2.13. The molecule has 0 bridgehead atoms. The fraction of sp³-hybridized carbons (Fsp3) is 0.273. The minimum atomic E-state index is -0.317. The van der Waals surface area contributed by atoms with Crippen LogP contribution in [-0.2, 0) is 25.9 Å². The summed E-state index contributed by atoms with van der Waals surface area (Å²) < 4.78 is 2.91. The zero-order chi connectivity index (χ0) is 20.2. The molecule has 1 N–H and O–H groups in total.